The Bertz CT molecular complexity index is 867. The number of anilines is 1. The number of hydrogen-bond acceptors (Lipinski definition) is 4. The molecule has 0 spiro atoms. The second kappa shape index (κ2) is 7.20. The van der Waals surface area contributed by atoms with Gasteiger partial charge < -0.3 is 0 Å². The van der Waals surface area contributed by atoms with Crippen LogP contribution in [0.3, 0.4) is 0 Å². The molecule has 0 bridgehead atoms. The second-order valence-electron chi connectivity index (χ2n) is 4.58. The minimum Gasteiger partial charge on any atom is -0.288 e. The monoisotopic (exact) mass is 354 g/mol. The molecule has 0 radical (unpaired) electrons. The van der Waals surface area contributed by atoms with E-state index >= 15 is 0 Å². The molecule has 0 aromatic heterocycles. The van der Waals surface area contributed by atoms with Crippen molar-refractivity contribution in [2.24, 2.45) is 0 Å². The standard InChI is InChI=1S/C15H12F2N2O4S/c16-12-5-7-13(8-6-12)19(17)24(22,23)14-3-1-2-11(10-14)4-9-15(20)18-21/h1-10,21H,(H,18,20). The number of hydroxylamine groups is 1. The van der Waals surface area contributed by atoms with Gasteiger partial charge in [-0.1, -0.05) is 21.1 Å². The maximum atomic E-state index is 14.2. The summed E-state index contributed by atoms with van der Waals surface area (Å²) in [6, 6.07) is 9.02. The van der Waals surface area contributed by atoms with E-state index in [-0.39, 0.29) is 10.6 Å². The van der Waals surface area contributed by atoms with Gasteiger partial charge in [0.2, 0.25) is 0 Å². The quantitative estimate of drug-likeness (QED) is 0.374. The molecule has 6 nitrogen and oxygen atoms in total. The zero-order valence-corrected chi connectivity index (χ0v) is 12.9. The van der Waals surface area contributed by atoms with Gasteiger partial charge in [-0.25, -0.2) is 9.87 Å². The molecule has 2 aromatic rings. The first-order valence-electron chi connectivity index (χ1n) is 6.53. The van der Waals surface area contributed by atoms with Gasteiger partial charge in [0.25, 0.3) is 15.9 Å². The summed E-state index contributed by atoms with van der Waals surface area (Å²) in [6.45, 7) is 0. The third-order valence-corrected chi connectivity index (χ3v) is 4.42. The minimum atomic E-state index is -4.51. The van der Waals surface area contributed by atoms with E-state index in [9.17, 15) is 22.1 Å². The fourth-order valence-electron chi connectivity index (χ4n) is 1.78. The third kappa shape index (κ3) is 3.94. The number of hydrogen-bond donors (Lipinski definition) is 2. The lowest BCUT2D eigenvalue weighted by Gasteiger charge is -2.14. The van der Waals surface area contributed by atoms with Crippen molar-refractivity contribution in [3.8, 4) is 0 Å². The van der Waals surface area contributed by atoms with Gasteiger partial charge >= 0.3 is 0 Å². The summed E-state index contributed by atoms with van der Waals surface area (Å²) >= 11 is 0. The van der Waals surface area contributed by atoms with Crippen LogP contribution in [0, 0.1) is 5.82 Å². The van der Waals surface area contributed by atoms with Gasteiger partial charge in [-0.3, -0.25) is 10.0 Å². The van der Waals surface area contributed by atoms with Crippen molar-refractivity contribution in [3.05, 3.63) is 66.0 Å². The Morgan fingerprint density at radius 2 is 1.83 bits per heavy atom. The minimum absolute atomic E-state index is 0.298. The number of nitrogens with one attached hydrogen (secondary N) is 1. The highest BCUT2D eigenvalue weighted by atomic mass is 32.2. The average molecular weight is 354 g/mol. The number of nitrogens with zero attached hydrogens (tertiary/aromatic N) is 1. The molecule has 0 aliphatic carbocycles. The van der Waals surface area contributed by atoms with E-state index in [0.29, 0.717) is 5.56 Å². The van der Waals surface area contributed by atoms with Crippen LogP contribution in [-0.4, -0.2) is 19.5 Å². The van der Waals surface area contributed by atoms with Gasteiger partial charge in [0.1, 0.15) is 5.82 Å². The Labute approximate surface area is 136 Å². The Hall–Kier alpha value is -2.78. The Balaban J connectivity index is 2.33. The molecule has 0 aliphatic heterocycles. The molecule has 1 amide bonds. The highest BCUT2D eigenvalue weighted by Gasteiger charge is 2.25. The first-order chi connectivity index (χ1) is 11.3. The molecule has 9 heteroatoms. The average Bonchev–Trinajstić information content (AvgIpc) is 2.60. The number of rotatable bonds is 5. The van der Waals surface area contributed by atoms with Crippen molar-refractivity contribution in [1.29, 1.82) is 0 Å². The fourth-order valence-corrected chi connectivity index (χ4v) is 2.90. The molecule has 0 atom stereocenters. The summed E-state index contributed by atoms with van der Waals surface area (Å²) in [6.07, 6.45) is 2.21. The van der Waals surface area contributed by atoms with Crippen LogP contribution < -0.4 is 10.0 Å². The smallest absolute Gasteiger partial charge is 0.288 e. The molecule has 0 saturated heterocycles. The van der Waals surface area contributed by atoms with E-state index < -0.39 is 26.3 Å². The van der Waals surface area contributed by atoms with E-state index in [2.05, 4.69) is 0 Å². The molecule has 2 aromatic carbocycles. The zero-order valence-electron chi connectivity index (χ0n) is 12.1. The molecule has 0 heterocycles. The fraction of sp³-hybridized carbons (Fsp3) is 0. The predicted octanol–water partition coefficient (Wildman–Crippen LogP) is 2.42. The first-order valence-corrected chi connectivity index (χ1v) is 7.97. The lowest BCUT2D eigenvalue weighted by Crippen LogP contribution is -2.22. The molecule has 0 aliphatic rings. The van der Waals surface area contributed by atoms with Crippen molar-refractivity contribution >= 4 is 27.7 Å². The maximum absolute atomic E-state index is 14.2. The molecule has 24 heavy (non-hydrogen) atoms. The highest BCUT2D eigenvalue weighted by molar-refractivity contribution is 7.92. The van der Waals surface area contributed by atoms with Gasteiger partial charge in [-0.05, 0) is 48.0 Å². The van der Waals surface area contributed by atoms with Crippen molar-refractivity contribution in [2.75, 3.05) is 4.53 Å². The van der Waals surface area contributed by atoms with Gasteiger partial charge in [0.15, 0.2) is 0 Å². The number of amides is 1. The van der Waals surface area contributed by atoms with Crippen LogP contribution >= 0.6 is 0 Å². The molecule has 0 fully saturated rings. The Kier molecular flexibility index (Phi) is 5.27. The highest BCUT2D eigenvalue weighted by Crippen LogP contribution is 2.25. The second-order valence-corrected chi connectivity index (χ2v) is 6.32. The van der Waals surface area contributed by atoms with Gasteiger partial charge in [-0.15, -0.1) is 0 Å². The summed E-state index contributed by atoms with van der Waals surface area (Å²) in [4.78, 5) is 10.6. The molecule has 0 unspecified atom stereocenters. The normalized spacial score (nSPS) is 11.5. The van der Waals surface area contributed by atoms with Crippen molar-refractivity contribution < 1.29 is 27.3 Å². The first kappa shape index (κ1) is 17.6. The zero-order chi connectivity index (χ0) is 17.7. The molecule has 0 saturated carbocycles. The summed E-state index contributed by atoms with van der Waals surface area (Å²) in [5, 5.41) is 8.39. The van der Waals surface area contributed by atoms with Crippen molar-refractivity contribution in [2.45, 2.75) is 4.90 Å². The largest absolute Gasteiger partial charge is 0.290 e. The van der Waals surface area contributed by atoms with E-state index in [4.69, 9.17) is 5.21 Å². The van der Waals surface area contributed by atoms with Gasteiger partial charge in [0.05, 0.1) is 10.6 Å². The predicted molar refractivity (Wildman–Crippen MR) is 82.6 cm³/mol. The van der Waals surface area contributed by atoms with Crippen LogP contribution in [0.5, 0.6) is 0 Å². The third-order valence-electron chi connectivity index (χ3n) is 2.93. The number of sulfonamides is 1. The molecule has 126 valence electrons. The van der Waals surface area contributed by atoms with Crippen LogP contribution in [0.1, 0.15) is 5.56 Å². The molecule has 2 N–H and O–H groups in total. The number of carbonyl (C=O) groups is 1. The molecular weight excluding hydrogens is 342 g/mol. The Morgan fingerprint density at radius 1 is 1.17 bits per heavy atom. The number of carbonyl (C=O) groups excluding carboxylic acids is 1. The van der Waals surface area contributed by atoms with E-state index in [0.717, 1.165) is 36.4 Å². The Morgan fingerprint density at radius 3 is 2.46 bits per heavy atom. The van der Waals surface area contributed by atoms with Gasteiger partial charge in [-0.2, -0.15) is 8.42 Å². The summed E-state index contributed by atoms with van der Waals surface area (Å²) < 4.78 is 51.2. The van der Waals surface area contributed by atoms with Crippen molar-refractivity contribution in [1.82, 2.24) is 5.48 Å². The summed E-state index contributed by atoms with van der Waals surface area (Å²) in [5.74, 6) is -1.43. The van der Waals surface area contributed by atoms with Crippen LogP contribution in [0.2, 0.25) is 0 Å². The van der Waals surface area contributed by atoms with Crippen LogP contribution in [0.25, 0.3) is 6.08 Å². The summed E-state index contributed by atoms with van der Waals surface area (Å²) in [7, 11) is -4.51. The van der Waals surface area contributed by atoms with E-state index in [1.807, 2.05) is 0 Å². The van der Waals surface area contributed by atoms with Crippen LogP contribution in [0.4, 0.5) is 14.6 Å². The topological polar surface area (TPSA) is 86.7 Å². The molecule has 2 rings (SSSR count). The van der Waals surface area contributed by atoms with E-state index in [1.165, 1.54) is 29.8 Å². The van der Waals surface area contributed by atoms with Crippen LogP contribution in [0.15, 0.2) is 59.5 Å². The lowest BCUT2D eigenvalue weighted by molar-refractivity contribution is -0.124. The molecular formula is C15H12F2N2O4S. The van der Waals surface area contributed by atoms with Crippen molar-refractivity contribution in [3.63, 3.8) is 0 Å². The van der Waals surface area contributed by atoms with E-state index in [1.54, 1.807) is 0 Å². The van der Waals surface area contributed by atoms with Gasteiger partial charge in [0, 0.05) is 6.08 Å². The maximum Gasteiger partial charge on any atom is 0.290 e. The van der Waals surface area contributed by atoms with Crippen LogP contribution in [-0.2, 0) is 14.8 Å². The number of halogens is 2. The lowest BCUT2D eigenvalue weighted by atomic mass is 10.2. The SMILES string of the molecule is O=C(C=Cc1cccc(S(=O)(=O)N(F)c2ccc(F)cc2)c1)NO. The summed E-state index contributed by atoms with van der Waals surface area (Å²) in [5.41, 5.74) is 1.33. The number of benzene rings is 2.